The van der Waals surface area contributed by atoms with Crippen LogP contribution in [0.25, 0.3) is 0 Å². The highest BCUT2D eigenvalue weighted by atomic mass is 16.7. The number of phenolic OH excluding ortho intramolecular Hbond substituents is 2. The van der Waals surface area contributed by atoms with E-state index in [1.54, 1.807) is 6.92 Å². The van der Waals surface area contributed by atoms with Crippen molar-refractivity contribution in [2.45, 2.75) is 68.9 Å². The number of aromatic hydroxyl groups is 2. The monoisotopic (exact) mass is 557 g/mol. The molecular formula is C28H31NO11. The van der Waals surface area contributed by atoms with E-state index in [0.29, 0.717) is 0 Å². The van der Waals surface area contributed by atoms with Crippen molar-refractivity contribution in [3.8, 4) is 17.2 Å². The largest absolute Gasteiger partial charge is 0.507 e. The summed E-state index contributed by atoms with van der Waals surface area (Å²) in [6, 6.07) is 3.61. The minimum absolute atomic E-state index is 0.0175. The third kappa shape index (κ3) is 4.10. The van der Waals surface area contributed by atoms with E-state index < -0.39 is 95.2 Å². The Morgan fingerprint density at radius 2 is 1.80 bits per heavy atom. The van der Waals surface area contributed by atoms with Crippen LogP contribution in [0.5, 0.6) is 17.2 Å². The summed E-state index contributed by atoms with van der Waals surface area (Å²) in [5.41, 5.74) is 2.41. The van der Waals surface area contributed by atoms with Gasteiger partial charge in [-0.15, -0.1) is 0 Å². The molecule has 40 heavy (non-hydrogen) atoms. The molecule has 6 atom stereocenters. The van der Waals surface area contributed by atoms with Gasteiger partial charge in [0.05, 0.1) is 42.1 Å². The summed E-state index contributed by atoms with van der Waals surface area (Å²) in [7, 11) is 1.32. The van der Waals surface area contributed by atoms with Crippen molar-refractivity contribution in [2.75, 3.05) is 13.7 Å². The lowest BCUT2D eigenvalue weighted by Gasteiger charge is -2.47. The van der Waals surface area contributed by atoms with Crippen molar-refractivity contribution in [2.24, 2.45) is 5.73 Å². The summed E-state index contributed by atoms with van der Waals surface area (Å²) in [6.45, 7) is 2.09. The molecule has 0 bridgehead atoms. The Morgan fingerprint density at radius 3 is 2.42 bits per heavy atom. The van der Waals surface area contributed by atoms with E-state index in [-0.39, 0.29) is 34.4 Å². The van der Waals surface area contributed by atoms with Crippen LogP contribution in [0.15, 0.2) is 18.2 Å². The minimum atomic E-state index is -2.26. The predicted octanol–water partition coefficient (Wildman–Crippen LogP) is 0.391. The van der Waals surface area contributed by atoms with Crippen molar-refractivity contribution in [1.29, 1.82) is 0 Å². The van der Waals surface area contributed by atoms with Gasteiger partial charge in [-0.05, 0) is 19.9 Å². The molecule has 1 heterocycles. The van der Waals surface area contributed by atoms with Crippen molar-refractivity contribution in [1.82, 2.24) is 0 Å². The molecule has 0 aromatic heterocycles. The van der Waals surface area contributed by atoms with Gasteiger partial charge in [0.25, 0.3) is 0 Å². The molecule has 12 nitrogen and oxygen atoms in total. The molecule has 12 heteroatoms. The average molecular weight is 558 g/mol. The normalized spacial score (nSPS) is 31.3. The van der Waals surface area contributed by atoms with Gasteiger partial charge < -0.3 is 45.5 Å². The molecule has 0 amide bonds. The first kappa shape index (κ1) is 28.1. The van der Waals surface area contributed by atoms with Gasteiger partial charge in [0, 0.05) is 42.0 Å². The molecule has 1 aliphatic heterocycles. The second-order valence-corrected chi connectivity index (χ2v) is 10.8. The third-order valence-electron chi connectivity index (χ3n) is 8.09. The number of phenols is 2. The lowest BCUT2D eigenvalue weighted by atomic mass is 9.71. The van der Waals surface area contributed by atoms with Crippen molar-refractivity contribution in [3.63, 3.8) is 0 Å². The molecule has 2 aromatic carbocycles. The number of nitrogens with two attached hydrogens (primary N) is 1. The fourth-order valence-electron chi connectivity index (χ4n) is 6.16. The molecule has 214 valence electrons. The van der Waals surface area contributed by atoms with E-state index in [0.717, 1.165) is 0 Å². The molecule has 2 aromatic rings. The summed E-state index contributed by atoms with van der Waals surface area (Å²) >= 11 is 0. The zero-order chi connectivity index (χ0) is 29.3. The van der Waals surface area contributed by atoms with Crippen molar-refractivity contribution >= 4 is 17.3 Å². The molecule has 1 saturated heterocycles. The van der Waals surface area contributed by atoms with Crippen LogP contribution < -0.4 is 10.5 Å². The molecule has 3 aliphatic rings. The van der Waals surface area contributed by atoms with Gasteiger partial charge in [0.1, 0.15) is 29.5 Å². The second-order valence-electron chi connectivity index (χ2n) is 10.8. The number of benzene rings is 2. The summed E-state index contributed by atoms with van der Waals surface area (Å²) in [6.07, 6.45) is -4.21. The summed E-state index contributed by atoms with van der Waals surface area (Å²) in [5, 5.41) is 54.1. The number of aliphatic hydroxyl groups is 3. The maximum Gasteiger partial charge on any atom is 0.202 e. The Bertz CT molecular complexity index is 1420. The van der Waals surface area contributed by atoms with Crippen LogP contribution in [-0.4, -0.2) is 86.2 Å². The summed E-state index contributed by atoms with van der Waals surface area (Å²) in [4.78, 5) is 39.9. The van der Waals surface area contributed by atoms with Gasteiger partial charge in [-0.1, -0.05) is 12.1 Å². The van der Waals surface area contributed by atoms with Crippen molar-refractivity contribution < 1.29 is 54.1 Å². The summed E-state index contributed by atoms with van der Waals surface area (Å²) in [5.74, 6) is -5.29. The molecule has 1 fully saturated rings. The van der Waals surface area contributed by atoms with Gasteiger partial charge in [-0.2, -0.15) is 0 Å². The molecule has 2 aliphatic carbocycles. The molecule has 0 radical (unpaired) electrons. The quantitative estimate of drug-likeness (QED) is 0.236. The number of aliphatic hydroxyl groups excluding tert-OH is 2. The topological polar surface area (TPSA) is 206 Å². The first-order chi connectivity index (χ1) is 18.8. The number of Topliss-reactive ketones (excluding diaryl/α,β-unsaturated/α-hetero) is 1. The lowest BCUT2D eigenvalue weighted by molar-refractivity contribution is -0.311. The standard InChI is InChI=1S/C28H31NO11/c1-11-22(32)14(29)8-27(2,39-11)40-16-9-28(37,17(31)10-30)7-13-19(16)26(36)21-20(24(13)34)23(33)12-5-4-6-15(38-3)18(12)25(21)35/h4-6,11,14,16,22,30,32,34,36-37H,7-10,29H2,1-3H3/t11-,14-,16-,22+,27-,28-/m0/s1. The van der Waals surface area contributed by atoms with Crippen LogP contribution in [0.2, 0.25) is 0 Å². The van der Waals surface area contributed by atoms with Crippen LogP contribution in [0.3, 0.4) is 0 Å². The first-order valence-corrected chi connectivity index (χ1v) is 12.8. The highest BCUT2D eigenvalue weighted by Gasteiger charge is 2.52. The van der Waals surface area contributed by atoms with E-state index in [1.807, 2.05) is 0 Å². The van der Waals surface area contributed by atoms with Crippen LogP contribution in [0.4, 0.5) is 0 Å². The Labute approximate surface area is 228 Å². The number of ketones is 3. The van der Waals surface area contributed by atoms with Crippen LogP contribution in [0, 0.1) is 0 Å². The molecule has 0 spiro atoms. The van der Waals surface area contributed by atoms with E-state index in [1.165, 1.54) is 32.2 Å². The Balaban J connectivity index is 1.71. The number of hydrogen-bond donors (Lipinski definition) is 6. The summed E-state index contributed by atoms with van der Waals surface area (Å²) < 4.78 is 17.4. The maximum atomic E-state index is 13.7. The van der Waals surface area contributed by atoms with E-state index in [4.69, 9.17) is 19.9 Å². The maximum absolute atomic E-state index is 13.7. The number of ether oxygens (including phenoxy) is 3. The smallest absolute Gasteiger partial charge is 0.202 e. The molecule has 0 saturated carbocycles. The highest BCUT2D eigenvalue weighted by Crippen LogP contribution is 2.53. The fourth-order valence-corrected chi connectivity index (χ4v) is 6.16. The predicted molar refractivity (Wildman–Crippen MR) is 136 cm³/mol. The zero-order valence-corrected chi connectivity index (χ0v) is 22.1. The van der Waals surface area contributed by atoms with Gasteiger partial charge in [0.15, 0.2) is 17.4 Å². The second kappa shape index (κ2) is 9.61. The van der Waals surface area contributed by atoms with Crippen LogP contribution >= 0.6 is 0 Å². The average Bonchev–Trinajstić information content (AvgIpc) is 2.90. The number of carbonyl (C=O) groups excluding carboxylic acids is 3. The number of methoxy groups -OCH3 is 1. The number of rotatable bonds is 5. The number of hydrogen-bond acceptors (Lipinski definition) is 12. The van der Waals surface area contributed by atoms with E-state index >= 15 is 0 Å². The third-order valence-corrected chi connectivity index (χ3v) is 8.09. The van der Waals surface area contributed by atoms with Gasteiger partial charge >= 0.3 is 0 Å². The SMILES string of the molecule is COc1cccc2c1C(=O)c1c(O)c3c(c(O)c1C2=O)C[C@@](O)(C(=O)CO)C[C@@H]3O[C@@]1(C)C[C@H](N)[C@H](O)[C@H](C)O1. The molecule has 0 unspecified atom stereocenters. The van der Waals surface area contributed by atoms with E-state index in [2.05, 4.69) is 0 Å². The number of carbonyl (C=O) groups is 3. The first-order valence-electron chi connectivity index (χ1n) is 12.8. The van der Waals surface area contributed by atoms with Gasteiger partial charge in [-0.25, -0.2) is 0 Å². The minimum Gasteiger partial charge on any atom is -0.507 e. The molecular weight excluding hydrogens is 526 g/mol. The Morgan fingerprint density at radius 1 is 1.12 bits per heavy atom. The Hall–Kier alpha value is -3.39. The van der Waals surface area contributed by atoms with Crippen molar-refractivity contribution in [3.05, 3.63) is 51.6 Å². The highest BCUT2D eigenvalue weighted by molar-refractivity contribution is 6.31. The zero-order valence-electron chi connectivity index (χ0n) is 22.1. The lowest BCUT2D eigenvalue weighted by Crippen LogP contribution is -2.57. The number of fused-ring (bicyclic) bond motifs is 3. The van der Waals surface area contributed by atoms with E-state index in [9.17, 15) is 39.9 Å². The fraction of sp³-hybridized carbons (Fsp3) is 0.464. The molecule has 7 N–H and O–H groups in total. The molecule has 5 rings (SSSR count). The van der Waals surface area contributed by atoms with Gasteiger partial charge in [-0.3, -0.25) is 14.4 Å². The van der Waals surface area contributed by atoms with Gasteiger partial charge in [0.2, 0.25) is 5.78 Å². The Kier molecular flexibility index (Phi) is 6.77. The van der Waals surface area contributed by atoms with Crippen LogP contribution in [0.1, 0.15) is 75.8 Å². The van der Waals surface area contributed by atoms with Crippen LogP contribution in [-0.2, 0) is 20.7 Å².